The van der Waals surface area contributed by atoms with E-state index < -0.39 is 5.97 Å². The smallest absolute Gasteiger partial charge is 0.338 e. The molecule has 1 aliphatic rings. The third kappa shape index (κ3) is 5.71. The first-order valence-corrected chi connectivity index (χ1v) is 9.74. The highest BCUT2D eigenvalue weighted by molar-refractivity contribution is 6.05. The van der Waals surface area contributed by atoms with Gasteiger partial charge in [-0.2, -0.15) is 5.10 Å². The molecule has 158 valence electrons. The number of amides is 1. The Labute approximate surface area is 176 Å². The van der Waals surface area contributed by atoms with Crippen LogP contribution in [0.2, 0.25) is 0 Å². The summed E-state index contributed by atoms with van der Waals surface area (Å²) >= 11 is 0. The number of carbonyl (C=O) groups is 2. The van der Waals surface area contributed by atoms with Crippen molar-refractivity contribution in [2.75, 3.05) is 36.9 Å². The van der Waals surface area contributed by atoms with Crippen molar-refractivity contribution < 1.29 is 14.3 Å². The van der Waals surface area contributed by atoms with Crippen LogP contribution < -0.4 is 16.0 Å². The topological polar surface area (TPSA) is 97.3 Å². The van der Waals surface area contributed by atoms with E-state index in [4.69, 9.17) is 4.74 Å². The van der Waals surface area contributed by atoms with Gasteiger partial charge in [-0.25, -0.2) is 4.79 Å². The molecule has 1 saturated heterocycles. The largest absolute Gasteiger partial charge is 0.462 e. The van der Waals surface area contributed by atoms with E-state index in [9.17, 15) is 9.59 Å². The number of benzene rings is 1. The van der Waals surface area contributed by atoms with E-state index in [1.807, 2.05) is 17.8 Å². The predicted molar refractivity (Wildman–Crippen MR) is 115 cm³/mol. The van der Waals surface area contributed by atoms with Crippen LogP contribution in [0, 0.1) is 0 Å². The molecule has 0 saturated carbocycles. The highest BCUT2D eigenvalue weighted by Crippen LogP contribution is 2.25. The summed E-state index contributed by atoms with van der Waals surface area (Å²) in [7, 11) is 0. The Morgan fingerprint density at radius 2 is 2.10 bits per heavy atom. The summed E-state index contributed by atoms with van der Waals surface area (Å²) in [6, 6.07) is 7.04. The minimum atomic E-state index is -0.421. The Balaban J connectivity index is 0.00000300. The van der Waals surface area contributed by atoms with Crippen molar-refractivity contribution in [2.24, 2.45) is 0 Å². The van der Waals surface area contributed by atoms with E-state index in [0.717, 1.165) is 31.6 Å². The lowest BCUT2D eigenvalue weighted by Crippen LogP contribution is -2.32. The van der Waals surface area contributed by atoms with Gasteiger partial charge in [0.25, 0.3) is 5.91 Å². The maximum atomic E-state index is 12.7. The van der Waals surface area contributed by atoms with Gasteiger partial charge in [0.15, 0.2) is 5.69 Å². The number of hydrogen-bond donors (Lipinski definition) is 3. The Morgan fingerprint density at radius 3 is 2.79 bits per heavy atom. The lowest BCUT2D eigenvalue weighted by molar-refractivity contribution is 0.0526. The molecule has 1 aromatic heterocycles. The van der Waals surface area contributed by atoms with Crippen LogP contribution in [0.3, 0.4) is 0 Å². The average Bonchev–Trinajstić information content (AvgIpc) is 3.21. The number of halogens is 1. The molecule has 0 bridgehead atoms. The number of hydrogen-bond acceptors (Lipinski definition) is 6. The molecular weight excluding hydrogens is 394 g/mol. The van der Waals surface area contributed by atoms with Crippen LogP contribution in [0.25, 0.3) is 0 Å². The van der Waals surface area contributed by atoms with Gasteiger partial charge in [-0.3, -0.25) is 9.48 Å². The molecule has 0 spiro atoms. The number of rotatable bonds is 7. The highest BCUT2D eigenvalue weighted by Gasteiger charge is 2.19. The van der Waals surface area contributed by atoms with Gasteiger partial charge >= 0.3 is 5.97 Å². The first-order valence-electron chi connectivity index (χ1n) is 9.74. The third-order valence-electron chi connectivity index (χ3n) is 4.63. The molecule has 0 radical (unpaired) electrons. The fourth-order valence-corrected chi connectivity index (χ4v) is 3.24. The Morgan fingerprint density at radius 1 is 1.28 bits per heavy atom. The second-order valence-electron chi connectivity index (χ2n) is 6.65. The molecule has 3 N–H and O–H groups in total. The minimum Gasteiger partial charge on any atom is -0.462 e. The number of carbonyl (C=O) groups excluding carboxylic acids is 2. The summed E-state index contributed by atoms with van der Waals surface area (Å²) in [5.74, 6) is -0.738. The quantitative estimate of drug-likeness (QED) is 0.594. The van der Waals surface area contributed by atoms with E-state index in [0.29, 0.717) is 30.1 Å². The number of esters is 1. The van der Waals surface area contributed by atoms with Crippen LogP contribution >= 0.6 is 12.4 Å². The monoisotopic (exact) mass is 421 g/mol. The Hall–Kier alpha value is -2.58. The number of ether oxygens (including phenoxy) is 1. The normalized spacial score (nSPS) is 15.9. The summed E-state index contributed by atoms with van der Waals surface area (Å²) < 4.78 is 6.90. The summed E-state index contributed by atoms with van der Waals surface area (Å²) in [6.07, 6.45) is 3.98. The zero-order chi connectivity index (χ0) is 19.9. The van der Waals surface area contributed by atoms with Gasteiger partial charge in [-0.05, 0) is 57.5 Å². The van der Waals surface area contributed by atoms with E-state index in [1.54, 1.807) is 31.2 Å². The molecule has 2 heterocycles. The first-order chi connectivity index (χ1) is 13.6. The van der Waals surface area contributed by atoms with Crippen LogP contribution in [0.15, 0.2) is 30.5 Å². The SMILES string of the molecule is CCNc1ccc(C(=O)OCC)cc1NC(=O)c1ccn(C2CCCNC2)n1.Cl. The number of anilines is 2. The predicted octanol–water partition coefficient (Wildman–Crippen LogP) is 3.09. The van der Waals surface area contributed by atoms with Crippen molar-refractivity contribution in [3.8, 4) is 0 Å². The number of nitrogens with zero attached hydrogens (tertiary/aromatic N) is 2. The lowest BCUT2D eigenvalue weighted by Gasteiger charge is -2.22. The molecule has 3 rings (SSSR count). The number of piperidine rings is 1. The molecule has 1 aromatic carbocycles. The summed E-state index contributed by atoms with van der Waals surface area (Å²) in [5, 5.41) is 13.8. The molecule has 1 aliphatic heterocycles. The summed E-state index contributed by atoms with van der Waals surface area (Å²) in [6.45, 7) is 6.58. The van der Waals surface area contributed by atoms with E-state index in [1.165, 1.54) is 0 Å². The third-order valence-corrected chi connectivity index (χ3v) is 4.63. The molecule has 1 amide bonds. The Kier molecular flexibility index (Phi) is 8.48. The van der Waals surface area contributed by atoms with E-state index >= 15 is 0 Å². The number of nitrogens with one attached hydrogen (secondary N) is 3. The fraction of sp³-hybridized carbons (Fsp3) is 0.450. The average molecular weight is 422 g/mol. The molecule has 8 nitrogen and oxygen atoms in total. The van der Waals surface area contributed by atoms with Gasteiger partial charge in [-0.1, -0.05) is 0 Å². The molecule has 29 heavy (non-hydrogen) atoms. The standard InChI is InChI=1S/C20H27N5O3.ClH/c1-3-22-16-8-7-14(20(27)28-4-2)12-18(16)23-19(26)17-9-11-25(24-17)15-6-5-10-21-13-15;/h7-9,11-12,15,21-22H,3-6,10,13H2,1-2H3,(H,23,26);1H. The first kappa shape index (κ1) is 22.7. The highest BCUT2D eigenvalue weighted by atomic mass is 35.5. The molecule has 2 aromatic rings. The molecular formula is C20H28ClN5O3. The van der Waals surface area contributed by atoms with E-state index in [2.05, 4.69) is 21.0 Å². The number of aromatic nitrogens is 2. The molecule has 1 atom stereocenters. The maximum absolute atomic E-state index is 12.7. The van der Waals surface area contributed by atoms with Crippen molar-refractivity contribution in [1.29, 1.82) is 0 Å². The van der Waals surface area contributed by atoms with Crippen molar-refractivity contribution in [3.05, 3.63) is 41.7 Å². The zero-order valence-corrected chi connectivity index (χ0v) is 17.6. The maximum Gasteiger partial charge on any atom is 0.338 e. The molecule has 1 unspecified atom stereocenters. The van der Waals surface area contributed by atoms with Gasteiger partial charge in [0.05, 0.1) is 29.6 Å². The molecule has 1 fully saturated rings. The van der Waals surface area contributed by atoms with Crippen LogP contribution in [0.1, 0.15) is 53.6 Å². The van der Waals surface area contributed by atoms with E-state index in [-0.39, 0.29) is 24.4 Å². The van der Waals surface area contributed by atoms with Crippen LogP contribution in [0.5, 0.6) is 0 Å². The van der Waals surface area contributed by atoms with Crippen LogP contribution in [-0.4, -0.2) is 47.9 Å². The van der Waals surface area contributed by atoms with Crippen molar-refractivity contribution in [3.63, 3.8) is 0 Å². The molecule has 9 heteroatoms. The lowest BCUT2D eigenvalue weighted by atomic mass is 10.1. The minimum absolute atomic E-state index is 0. The Bertz CT molecular complexity index is 833. The second-order valence-corrected chi connectivity index (χ2v) is 6.65. The summed E-state index contributed by atoms with van der Waals surface area (Å²) in [5.41, 5.74) is 1.98. The molecule has 0 aliphatic carbocycles. The van der Waals surface area contributed by atoms with Gasteiger partial charge in [0, 0.05) is 19.3 Å². The van der Waals surface area contributed by atoms with Crippen LogP contribution in [-0.2, 0) is 4.74 Å². The fourth-order valence-electron chi connectivity index (χ4n) is 3.24. The van der Waals surface area contributed by atoms with Crippen molar-refractivity contribution in [2.45, 2.75) is 32.7 Å². The van der Waals surface area contributed by atoms with Gasteiger partial charge in [0.1, 0.15) is 0 Å². The van der Waals surface area contributed by atoms with Gasteiger partial charge in [0.2, 0.25) is 0 Å². The zero-order valence-electron chi connectivity index (χ0n) is 16.7. The van der Waals surface area contributed by atoms with Crippen LogP contribution in [0.4, 0.5) is 11.4 Å². The summed E-state index contributed by atoms with van der Waals surface area (Å²) in [4.78, 5) is 24.8. The van der Waals surface area contributed by atoms with Gasteiger partial charge < -0.3 is 20.7 Å². The van der Waals surface area contributed by atoms with Crippen molar-refractivity contribution >= 4 is 35.7 Å². The van der Waals surface area contributed by atoms with Gasteiger partial charge in [-0.15, -0.1) is 12.4 Å². The van der Waals surface area contributed by atoms with Crippen molar-refractivity contribution in [1.82, 2.24) is 15.1 Å². The second kappa shape index (κ2) is 10.8.